The van der Waals surface area contributed by atoms with Crippen LogP contribution in [0.3, 0.4) is 0 Å². The summed E-state index contributed by atoms with van der Waals surface area (Å²) in [7, 11) is 0. The number of hydrogen-bond acceptors (Lipinski definition) is 5. The van der Waals surface area contributed by atoms with Crippen molar-refractivity contribution in [2.45, 2.75) is 26.1 Å². The molecule has 0 aliphatic carbocycles. The molecule has 102 valence electrons. The number of pyridine rings is 1. The van der Waals surface area contributed by atoms with Gasteiger partial charge in [-0.1, -0.05) is 0 Å². The van der Waals surface area contributed by atoms with Crippen LogP contribution in [0, 0.1) is 0 Å². The smallest absolute Gasteiger partial charge is 0.248 e. The van der Waals surface area contributed by atoms with Gasteiger partial charge in [-0.2, -0.15) is 0 Å². The summed E-state index contributed by atoms with van der Waals surface area (Å²) in [5, 5.41) is 10.0. The minimum absolute atomic E-state index is 0.134. The Hall–Kier alpha value is -1.92. The molecule has 0 amide bonds. The monoisotopic (exact) mass is 263 g/mol. The van der Waals surface area contributed by atoms with Crippen molar-refractivity contribution in [3.8, 4) is 0 Å². The number of aliphatic hydroxyl groups is 1. The van der Waals surface area contributed by atoms with E-state index in [0.717, 1.165) is 11.1 Å². The lowest BCUT2D eigenvalue weighted by Gasteiger charge is -2.31. The molecule has 19 heavy (non-hydrogen) atoms. The molecule has 6 nitrogen and oxygen atoms in total. The highest BCUT2D eigenvalue weighted by molar-refractivity contribution is 5.97. The number of aliphatic hydroxyl groups excluding tert-OH is 1. The number of nitrogens with one attached hydrogen (secondary N) is 1. The number of carbonyl (C=O) groups is 1. The van der Waals surface area contributed by atoms with Crippen molar-refractivity contribution in [2.24, 2.45) is 5.73 Å². The molecule has 1 unspecified atom stereocenters. The fourth-order valence-electron chi connectivity index (χ4n) is 2.15. The Morgan fingerprint density at radius 3 is 3.00 bits per heavy atom. The van der Waals surface area contributed by atoms with Gasteiger partial charge in [-0.3, -0.25) is 14.5 Å². The number of nitrogens with two attached hydrogens (primary N) is 1. The van der Waals surface area contributed by atoms with Gasteiger partial charge in [-0.25, -0.2) is 0 Å². The number of nitrogens with zero attached hydrogens (tertiary/aromatic N) is 1. The van der Waals surface area contributed by atoms with E-state index >= 15 is 0 Å². The molecule has 0 bridgehead atoms. The van der Waals surface area contributed by atoms with Crippen LogP contribution in [-0.4, -0.2) is 33.5 Å². The first kappa shape index (κ1) is 13.5. The maximum atomic E-state index is 11.8. The maximum Gasteiger partial charge on any atom is 0.248 e. The SMILES string of the molecule is CC(=CN)C(=O)C(O)N1CCc2cc(=O)[nH]cc2C1. The second-order valence-electron chi connectivity index (χ2n) is 4.66. The van der Waals surface area contributed by atoms with Crippen LogP contribution in [0.15, 0.2) is 28.8 Å². The third kappa shape index (κ3) is 2.74. The third-order valence-electron chi connectivity index (χ3n) is 3.37. The van der Waals surface area contributed by atoms with E-state index in [1.165, 1.54) is 6.20 Å². The van der Waals surface area contributed by atoms with Gasteiger partial charge in [-0.15, -0.1) is 0 Å². The molecule has 4 N–H and O–H groups in total. The molecule has 2 rings (SSSR count). The summed E-state index contributed by atoms with van der Waals surface area (Å²) < 4.78 is 0. The molecule has 0 radical (unpaired) electrons. The highest BCUT2D eigenvalue weighted by atomic mass is 16.3. The lowest BCUT2D eigenvalue weighted by atomic mass is 10.0. The third-order valence-corrected chi connectivity index (χ3v) is 3.37. The minimum Gasteiger partial charge on any atom is -0.404 e. The van der Waals surface area contributed by atoms with Gasteiger partial charge in [0.05, 0.1) is 0 Å². The average molecular weight is 263 g/mol. The van der Waals surface area contributed by atoms with Gasteiger partial charge in [0.15, 0.2) is 6.23 Å². The molecule has 1 aromatic heterocycles. The number of ketones is 1. The standard InChI is InChI=1S/C13H17N3O3/c1-8(5-14)12(18)13(19)16-3-2-9-4-11(17)15-6-10(9)7-16/h4-6,13,19H,2-3,7,14H2,1H3,(H,15,17). The topological polar surface area (TPSA) is 99.4 Å². The van der Waals surface area contributed by atoms with Gasteiger partial charge in [0.2, 0.25) is 11.3 Å². The molecule has 1 atom stereocenters. The van der Waals surface area contributed by atoms with E-state index in [2.05, 4.69) is 4.98 Å². The highest BCUT2D eigenvalue weighted by Crippen LogP contribution is 2.18. The number of fused-ring (bicyclic) bond motifs is 1. The van der Waals surface area contributed by atoms with E-state index in [1.54, 1.807) is 24.1 Å². The molecule has 0 saturated heterocycles. The molecule has 0 spiro atoms. The van der Waals surface area contributed by atoms with Crippen LogP contribution in [0.5, 0.6) is 0 Å². The second-order valence-corrected chi connectivity index (χ2v) is 4.66. The molecule has 1 aromatic rings. The summed E-state index contributed by atoms with van der Waals surface area (Å²) in [4.78, 5) is 27.3. The number of aromatic nitrogens is 1. The fraction of sp³-hybridized carbons (Fsp3) is 0.385. The van der Waals surface area contributed by atoms with Gasteiger partial charge in [-0.05, 0) is 24.5 Å². The van der Waals surface area contributed by atoms with Crippen LogP contribution < -0.4 is 11.3 Å². The van der Waals surface area contributed by atoms with Crippen LogP contribution in [0.4, 0.5) is 0 Å². The Kier molecular flexibility index (Phi) is 3.82. The van der Waals surface area contributed by atoms with Crippen molar-refractivity contribution in [1.29, 1.82) is 0 Å². The summed E-state index contributed by atoms with van der Waals surface area (Å²) in [5.74, 6) is -0.393. The summed E-state index contributed by atoms with van der Waals surface area (Å²) in [6.45, 7) is 2.53. The number of Topliss-reactive ketones (excluding diaryl/α,β-unsaturated/α-hetero) is 1. The van der Waals surface area contributed by atoms with Crippen molar-refractivity contribution < 1.29 is 9.90 Å². The lowest BCUT2D eigenvalue weighted by molar-refractivity contribution is -0.134. The Labute approximate surface area is 110 Å². The zero-order valence-corrected chi connectivity index (χ0v) is 10.7. The lowest BCUT2D eigenvalue weighted by Crippen LogP contribution is -2.44. The van der Waals surface area contributed by atoms with E-state index in [-0.39, 0.29) is 5.56 Å². The predicted octanol–water partition coefficient (Wildman–Crippen LogP) is -0.517. The summed E-state index contributed by atoms with van der Waals surface area (Å²) in [6.07, 6.45) is 2.27. The number of carbonyl (C=O) groups excluding carboxylic acids is 1. The Morgan fingerprint density at radius 2 is 2.32 bits per heavy atom. The first-order valence-corrected chi connectivity index (χ1v) is 6.08. The van der Waals surface area contributed by atoms with E-state index in [1.807, 2.05) is 0 Å². The largest absolute Gasteiger partial charge is 0.404 e. The number of H-pyrrole nitrogens is 1. The van der Waals surface area contributed by atoms with E-state index in [0.29, 0.717) is 25.1 Å². The van der Waals surface area contributed by atoms with Crippen LogP contribution >= 0.6 is 0 Å². The average Bonchev–Trinajstić information content (AvgIpc) is 2.44. The zero-order valence-electron chi connectivity index (χ0n) is 10.7. The summed E-state index contributed by atoms with van der Waals surface area (Å²) in [6, 6.07) is 1.56. The van der Waals surface area contributed by atoms with Gasteiger partial charge < -0.3 is 15.8 Å². The molecule has 1 aliphatic rings. The number of hydrogen-bond donors (Lipinski definition) is 3. The zero-order chi connectivity index (χ0) is 14.0. The quantitative estimate of drug-likeness (QED) is 0.637. The normalized spacial score (nSPS) is 17.9. The number of rotatable bonds is 3. The second kappa shape index (κ2) is 5.38. The molecule has 0 aromatic carbocycles. The van der Waals surface area contributed by atoms with E-state index < -0.39 is 12.0 Å². The van der Waals surface area contributed by atoms with Crippen molar-refractivity contribution in [1.82, 2.24) is 9.88 Å². The Bertz CT molecular complexity index is 577. The molecule has 2 heterocycles. The number of aromatic amines is 1. The van der Waals surface area contributed by atoms with E-state index in [9.17, 15) is 14.7 Å². The Balaban J connectivity index is 2.16. The molecule has 6 heteroatoms. The van der Waals surface area contributed by atoms with Gasteiger partial charge in [0.25, 0.3) is 0 Å². The molecule has 1 aliphatic heterocycles. The van der Waals surface area contributed by atoms with Crippen LogP contribution in [0.2, 0.25) is 0 Å². The van der Waals surface area contributed by atoms with Crippen molar-refractivity contribution in [3.05, 3.63) is 45.5 Å². The van der Waals surface area contributed by atoms with Crippen LogP contribution in [0.25, 0.3) is 0 Å². The molecule has 0 fully saturated rings. The van der Waals surface area contributed by atoms with E-state index in [4.69, 9.17) is 5.73 Å². The summed E-state index contributed by atoms with van der Waals surface area (Å²) in [5.41, 5.74) is 7.37. The first-order chi connectivity index (χ1) is 9.02. The van der Waals surface area contributed by atoms with Crippen LogP contribution in [-0.2, 0) is 17.8 Å². The molecule has 0 saturated carbocycles. The summed E-state index contributed by atoms with van der Waals surface area (Å²) >= 11 is 0. The minimum atomic E-state index is -1.19. The van der Waals surface area contributed by atoms with Crippen molar-refractivity contribution >= 4 is 5.78 Å². The first-order valence-electron chi connectivity index (χ1n) is 6.08. The molecular weight excluding hydrogens is 246 g/mol. The molecular formula is C13H17N3O3. The predicted molar refractivity (Wildman–Crippen MR) is 70.1 cm³/mol. The van der Waals surface area contributed by atoms with Gasteiger partial charge >= 0.3 is 0 Å². The fourth-order valence-corrected chi connectivity index (χ4v) is 2.15. The Morgan fingerprint density at radius 1 is 1.58 bits per heavy atom. The van der Waals surface area contributed by atoms with Gasteiger partial charge in [0, 0.05) is 37.1 Å². The van der Waals surface area contributed by atoms with Crippen molar-refractivity contribution in [3.63, 3.8) is 0 Å². The van der Waals surface area contributed by atoms with Crippen LogP contribution in [0.1, 0.15) is 18.1 Å². The van der Waals surface area contributed by atoms with Crippen molar-refractivity contribution in [2.75, 3.05) is 6.54 Å². The van der Waals surface area contributed by atoms with Gasteiger partial charge in [0.1, 0.15) is 0 Å². The highest BCUT2D eigenvalue weighted by Gasteiger charge is 2.27. The maximum absolute atomic E-state index is 11.8.